The van der Waals surface area contributed by atoms with E-state index >= 15 is 0 Å². The molecule has 1 amide bonds. The molecule has 3 rings (SSSR count). The Hall–Kier alpha value is -2.67. The van der Waals surface area contributed by atoms with E-state index in [0.29, 0.717) is 6.54 Å². The van der Waals surface area contributed by atoms with E-state index in [2.05, 4.69) is 20.2 Å². The number of nitrogens with one attached hydrogen (secondary N) is 2. The molecule has 1 aromatic carbocycles. The van der Waals surface area contributed by atoms with Gasteiger partial charge < -0.3 is 19.9 Å². The molecule has 1 fully saturated rings. The Labute approximate surface area is 141 Å². The predicted octanol–water partition coefficient (Wildman–Crippen LogP) is -0.171. The predicted molar refractivity (Wildman–Crippen MR) is 91.4 cm³/mol. The van der Waals surface area contributed by atoms with Crippen LogP contribution in [0.25, 0.3) is 0 Å². The lowest BCUT2D eigenvalue weighted by Gasteiger charge is -2.31. The van der Waals surface area contributed by atoms with Crippen molar-refractivity contribution in [3.63, 3.8) is 0 Å². The number of benzene rings is 1. The Morgan fingerprint density at radius 3 is 2.71 bits per heavy atom. The summed E-state index contributed by atoms with van der Waals surface area (Å²) in [7, 11) is 1.61. The zero-order valence-electron chi connectivity index (χ0n) is 13.7. The highest BCUT2D eigenvalue weighted by Gasteiger charge is 2.23. The lowest BCUT2D eigenvalue weighted by Crippen LogP contribution is -3.15. The molecular weight excluding hydrogens is 306 g/mol. The minimum atomic E-state index is 0.0164. The minimum Gasteiger partial charge on any atom is -0.497 e. The molecule has 0 atom stereocenters. The molecule has 0 spiro atoms. The number of nitrogens with zero attached hydrogens (tertiary/aromatic N) is 3. The van der Waals surface area contributed by atoms with Gasteiger partial charge in [0.2, 0.25) is 5.95 Å². The molecular formula is C17H22N5O2+. The van der Waals surface area contributed by atoms with Crippen LogP contribution in [0.5, 0.6) is 5.75 Å². The number of hydrogen-bond acceptors (Lipinski definition) is 5. The van der Waals surface area contributed by atoms with Crippen LogP contribution in [-0.4, -0.2) is 55.7 Å². The van der Waals surface area contributed by atoms with Crippen LogP contribution in [0.2, 0.25) is 0 Å². The zero-order chi connectivity index (χ0) is 16.8. The lowest BCUT2D eigenvalue weighted by atomic mass is 10.3. The van der Waals surface area contributed by atoms with Crippen LogP contribution in [0.15, 0.2) is 42.7 Å². The van der Waals surface area contributed by atoms with E-state index in [1.807, 2.05) is 30.3 Å². The number of rotatable bonds is 5. The number of amides is 1. The van der Waals surface area contributed by atoms with Crippen molar-refractivity contribution in [1.82, 2.24) is 9.97 Å². The topological polar surface area (TPSA) is 71.8 Å². The lowest BCUT2D eigenvalue weighted by molar-refractivity contribution is -0.892. The summed E-state index contributed by atoms with van der Waals surface area (Å²) in [5.41, 5.74) is 0.759. The molecule has 126 valence electrons. The van der Waals surface area contributed by atoms with Gasteiger partial charge in [-0.2, -0.15) is 0 Å². The molecule has 1 aromatic heterocycles. The molecule has 0 saturated carbocycles. The number of aromatic nitrogens is 2. The van der Waals surface area contributed by atoms with Crippen molar-refractivity contribution in [3.8, 4) is 5.75 Å². The summed E-state index contributed by atoms with van der Waals surface area (Å²) >= 11 is 0. The second-order valence-electron chi connectivity index (χ2n) is 5.74. The molecule has 0 unspecified atom stereocenters. The Kier molecular flexibility index (Phi) is 5.22. The fraction of sp³-hybridized carbons (Fsp3) is 0.353. The first-order chi connectivity index (χ1) is 11.7. The summed E-state index contributed by atoms with van der Waals surface area (Å²) in [4.78, 5) is 24.2. The molecule has 7 heteroatoms. The van der Waals surface area contributed by atoms with Gasteiger partial charge in [-0.05, 0) is 18.2 Å². The fourth-order valence-electron chi connectivity index (χ4n) is 2.79. The number of methoxy groups -OCH3 is 1. The van der Waals surface area contributed by atoms with Gasteiger partial charge in [-0.1, -0.05) is 6.07 Å². The maximum atomic E-state index is 12.2. The van der Waals surface area contributed by atoms with Gasteiger partial charge in [0, 0.05) is 24.1 Å². The fourth-order valence-corrected chi connectivity index (χ4v) is 2.79. The molecule has 1 saturated heterocycles. The first-order valence-corrected chi connectivity index (χ1v) is 8.04. The van der Waals surface area contributed by atoms with Crippen LogP contribution < -0.4 is 19.9 Å². The van der Waals surface area contributed by atoms with Gasteiger partial charge in [-0.15, -0.1) is 0 Å². The van der Waals surface area contributed by atoms with Crippen LogP contribution >= 0.6 is 0 Å². The Morgan fingerprint density at radius 2 is 2.00 bits per heavy atom. The first-order valence-electron chi connectivity index (χ1n) is 8.04. The number of carbonyl (C=O) groups excluding carboxylic acids is 1. The highest BCUT2D eigenvalue weighted by Crippen LogP contribution is 2.16. The van der Waals surface area contributed by atoms with Crippen molar-refractivity contribution < 1.29 is 14.4 Å². The number of piperazine rings is 1. The summed E-state index contributed by atoms with van der Waals surface area (Å²) in [5.74, 6) is 1.51. The maximum absolute atomic E-state index is 12.2. The molecule has 0 bridgehead atoms. The van der Waals surface area contributed by atoms with Crippen molar-refractivity contribution in [2.24, 2.45) is 0 Å². The van der Waals surface area contributed by atoms with Gasteiger partial charge in [0.25, 0.3) is 5.91 Å². The van der Waals surface area contributed by atoms with Crippen molar-refractivity contribution in [3.05, 3.63) is 42.7 Å². The molecule has 24 heavy (non-hydrogen) atoms. The molecule has 2 N–H and O–H groups in total. The van der Waals surface area contributed by atoms with Crippen molar-refractivity contribution in [2.75, 3.05) is 50.1 Å². The highest BCUT2D eigenvalue weighted by atomic mass is 16.5. The smallest absolute Gasteiger partial charge is 0.279 e. The van der Waals surface area contributed by atoms with E-state index < -0.39 is 0 Å². The highest BCUT2D eigenvalue weighted by molar-refractivity contribution is 5.91. The van der Waals surface area contributed by atoms with E-state index in [9.17, 15) is 4.79 Å². The summed E-state index contributed by atoms with van der Waals surface area (Å²) in [6.45, 7) is 3.95. The molecule has 2 heterocycles. The second-order valence-corrected chi connectivity index (χ2v) is 5.74. The van der Waals surface area contributed by atoms with Crippen LogP contribution in [0, 0.1) is 0 Å². The Bertz CT molecular complexity index is 672. The van der Waals surface area contributed by atoms with Gasteiger partial charge in [-0.25, -0.2) is 9.97 Å². The summed E-state index contributed by atoms with van der Waals surface area (Å²) in [5, 5.41) is 2.93. The molecule has 2 aromatic rings. The third-order valence-corrected chi connectivity index (χ3v) is 4.07. The number of anilines is 2. The monoisotopic (exact) mass is 328 g/mol. The van der Waals surface area contributed by atoms with Crippen LogP contribution in [-0.2, 0) is 4.79 Å². The SMILES string of the molecule is COc1cccc(NC(=O)C[NH+]2CCN(c3ncccn3)CC2)c1. The summed E-state index contributed by atoms with van der Waals surface area (Å²) < 4.78 is 5.17. The van der Waals surface area contributed by atoms with Gasteiger partial charge in [0.1, 0.15) is 5.75 Å². The van der Waals surface area contributed by atoms with E-state index in [1.54, 1.807) is 19.5 Å². The second kappa shape index (κ2) is 7.74. The van der Waals surface area contributed by atoms with E-state index in [-0.39, 0.29) is 5.91 Å². The van der Waals surface area contributed by atoms with Gasteiger partial charge in [0.15, 0.2) is 6.54 Å². The average Bonchev–Trinajstić information content (AvgIpc) is 2.63. The third kappa shape index (κ3) is 4.20. The van der Waals surface area contributed by atoms with Crippen molar-refractivity contribution in [1.29, 1.82) is 0 Å². The zero-order valence-corrected chi connectivity index (χ0v) is 13.7. The molecule has 7 nitrogen and oxygen atoms in total. The number of hydrogen-bond donors (Lipinski definition) is 2. The molecule has 0 radical (unpaired) electrons. The number of carbonyl (C=O) groups is 1. The quantitative estimate of drug-likeness (QED) is 0.797. The standard InChI is InChI=1S/C17H21N5O2/c1-24-15-5-2-4-14(12-15)20-16(23)13-21-8-10-22(11-9-21)17-18-6-3-7-19-17/h2-7,12H,8-11,13H2,1H3,(H,20,23)/p+1. The van der Waals surface area contributed by atoms with Crippen LogP contribution in [0.4, 0.5) is 11.6 Å². The van der Waals surface area contributed by atoms with E-state index in [1.165, 1.54) is 4.90 Å². The largest absolute Gasteiger partial charge is 0.497 e. The normalized spacial score (nSPS) is 15.1. The van der Waals surface area contributed by atoms with E-state index in [0.717, 1.165) is 43.6 Å². The summed E-state index contributed by atoms with van der Waals surface area (Å²) in [6.07, 6.45) is 3.51. The van der Waals surface area contributed by atoms with Crippen LogP contribution in [0.3, 0.4) is 0 Å². The molecule has 0 aliphatic carbocycles. The van der Waals surface area contributed by atoms with Crippen LogP contribution in [0.1, 0.15) is 0 Å². The van der Waals surface area contributed by atoms with Gasteiger partial charge in [-0.3, -0.25) is 4.79 Å². The van der Waals surface area contributed by atoms with Gasteiger partial charge in [0.05, 0.1) is 33.3 Å². The first kappa shape index (κ1) is 16.2. The Morgan fingerprint density at radius 1 is 1.25 bits per heavy atom. The Balaban J connectivity index is 1.48. The van der Waals surface area contributed by atoms with E-state index in [4.69, 9.17) is 4.74 Å². The van der Waals surface area contributed by atoms with Crippen molar-refractivity contribution in [2.45, 2.75) is 0 Å². The number of ether oxygens (including phenoxy) is 1. The molecule has 1 aliphatic heterocycles. The number of quaternary nitrogens is 1. The third-order valence-electron chi connectivity index (χ3n) is 4.07. The molecule has 1 aliphatic rings. The summed E-state index contributed by atoms with van der Waals surface area (Å²) in [6, 6.07) is 9.21. The van der Waals surface area contributed by atoms with Crippen molar-refractivity contribution >= 4 is 17.5 Å². The average molecular weight is 328 g/mol. The van der Waals surface area contributed by atoms with Gasteiger partial charge >= 0.3 is 0 Å². The maximum Gasteiger partial charge on any atom is 0.279 e. The minimum absolute atomic E-state index is 0.0164.